The maximum absolute atomic E-state index is 12.7. The molecule has 0 N–H and O–H groups in total. The van der Waals surface area contributed by atoms with Crippen LogP contribution in [0.3, 0.4) is 0 Å². The van der Waals surface area contributed by atoms with Crippen molar-refractivity contribution in [1.82, 2.24) is 19.5 Å². The van der Waals surface area contributed by atoms with E-state index in [1.807, 2.05) is 30.7 Å². The maximum Gasteiger partial charge on any atom is 0.180 e. The molecule has 0 radical (unpaired) electrons. The van der Waals surface area contributed by atoms with Gasteiger partial charge in [0, 0.05) is 12.7 Å². The molecule has 3 aromatic rings. The third kappa shape index (κ3) is 3.39. The van der Waals surface area contributed by atoms with Crippen LogP contribution in [0.2, 0.25) is 0 Å². The molecular weight excluding hydrogens is 360 g/mol. The lowest BCUT2D eigenvalue weighted by Crippen LogP contribution is -2.09. The molecule has 140 valence electrons. The first-order valence-corrected chi connectivity index (χ1v) is 10.8. The van der Waals surface area contributed by atoms with E-state index in [4.69, 9.17) is 0 Å². The van der Waals surface area contributed by atoms with Gasteiger partial charge < -0.3 is 4.57 Å². The molecule has 0 spiro atoms. The lowest BCUT2D eigenvalue weighted by molar-refractivity contribution is 0.597. The SMILES string of the molecule is CCS(=O)(=O)c1ccc(/C=C/C2CC2)nc1-c1nc2cc(C)ncc2n1C. The molecule has 4 rings (SSSR count). The number of rotatable bonds is 5. The van der Waals surface area contributed by atoms with Crippen LogP contribution in [0.1, 0.15) is 31.2 Å². The van der Waals surface area contributed by atoms with Gasteiger partial charge in [0.05, 0.1) is 33.6 Å². The van der Waals surface area contributed by atoms with Crippen LogP contribution < -0.4 is 0 Å². The highest BCUT2D eigenvalue weighted by Gasteiger charge is 2.23. The first-order valence-electron chi connectivity index (χ1n) is 9.10. The van der Waals surface area contributed by atoms with Crippen LogP contribution in [-0.4, -0.2) is 33.7 Å². The lowest BCUT2D eigenvalue weighted by Gasteiger charge is -2.10. The van der Waals surface area contributed by atoms with Crippen molar-refractivity contribution >= 4 is 26.9 Å². The second kappa shape index (κ2) is 6.56. The first-order chi connectivity index (χ1) is 12.9. The van der Waals surface area contributed by atoms with Crippen molar-refractivity contribution in [2.75, 3.05) is 5.75 Å². The minimum absolute atomic E-state index is 0.0174. The molecule has 1 saturated carbocycles. The highest BCUT2D eigenvalue weighted by atomic mass is 32.2. The number of fused-ring (bicyclic) bond motifs is 1. The summed E-state index contributed by atoms with van der Waals surface area (Å²) in [7, 11) is -1.57. The van der Waals surface area contributed by atoms with E-state index in [-0.39, 0.29) is 10.6 Å². The largest absolute Gasteiger partial charge is 0.324 e. The molecule has 1 aliphatic rings. The van der Waals surface area contributed by atoms with Crippen molar-refractivity contribution < 1.29 is 8.42 Å². The van der Waals surface area contributed by atoms with Gasteiger partial charge in [-0.25, -0.2) is 18.4 Å². The second-order valence-corrected chi connectivity index (χ2v) is 9.24. The van der Waals surface area contributed by atoms with Gasteiger partial charge in [0.2, 0.25) is 0 Å². The Morgan fingerprint density at radius 1 is 1.26 bits per heavy atom. The number of allylic oxidation sites excluding steroid dienone is 1. The molecule has 0 unspecified atom stereocenters. The van der Waals surface area contributed by atoms with Gasteiger partial charge in [-0.3, -0.25) is 4.98 Å². The third-order valence-electron chi connectivity index (χ3n) is 4.87. The molecule has 6 nitrogen and oxygen atoms in total. The van der Waals surface area contributed by atoms with Gasteiger partial charge in [-0.1, -0.05) is 13.0 Å². The average molecular weight is 382 g/mol. The highest BCUT2D eigenvalue weighted by Crippen LogP contribution is 2.32. The summed E-state index contributed by atoms with van der Waals surface area (Å²) in [6.07, 6.45) is 8.29. The van der Waals surface area contributed by atoms with E-state index >= 15 is 0 Å². The topological polar surface area (TPSA) is 77.7 Å². The van der Waals surface area contributed by atoms with Crippen LogP contribution in [0, 0.1) is 12.8 Å². The molecule has 0 amide bonds. The van der Waals surface area contributed by atoms with Crippen molar-refractivity contribution in [2.45, 2.75) is 31.6 Å². The smallest absolute Gasteiger partial charge is 0.180 e. The van der Waals surface area contributed by atoms with E-state index in [2.05, 4.69) is 21.0 Å². The molecule has 0 bridgehead atoms. The molecular formula is C20H22N4O2S. The van der Waals surface area contributed by atoms with Gasteiger partial charge in [-0.2, -0.15) is 0 Å². The summed E-state index contributed by atoms with van der Waals surface area (Å²) in [5, 5.41) is 0. The molecule has 0 atom stereocenters. The zero-order chi connectivity index (χ0) is 19.2. The zero-order valence-corrected chi connectivity index (χ0v) is 16.5. The van der Waals surface area contributed by atoms with Crippen LogP contribution in [0.5, 0.6) is 0 Å². The van der Waals surface area contributed by atoms with Gasteiger partial charge in [0.15, 0.2) is 15.7 Å². The summed E-state index contributed by atoms with van der Waals surface area (Å²) in [6, 6.07) is 5.31. The zero-order valence-electron chi connectivity index (χ0n) is 15.7. The van der Waals surface area contributed by atoms with Crippen molar-refractivity contribution in [3.8, 4) is 11.5 Å². The number of hydrogen-bond acceptors (Lipinski definition) is 5. The molecule has 3 aromatic heterocycles. The number of imidazole rings is 1. The lowest BCUT2D eigenvalue weighted by atomic mass is 10.2. The predicted molar refractivity (Wildman–Crippen MR) is 106 cm³/mol. The fourth-order valence-corrected chi connectivity index (χ4v) is 4.06. The Balaban J connectivity index is 1.93. The first kappa shape index (κ1) is 17.9. The summed E-state index contributed by atoms with van der Waals surface area (Å²) in [6.45, 7) is 3.55. The number of nitrogens with zero attached hydrogens (tertiary/aromatic N) is 4. The molecule has 0 saturated heterocycles. The van der Waals surface area contributed by atoms with E-state index < -0.39 is 9.84 Å². The fourth-order valence-electron chi connectivity index (χ4n) is 3.05. The molecule has 27 heavy (non-hydrogen) atoms. The molecule has 1 aliphatic carbocycles. The standard InChI is InChI=1S/C20H22N4O2S/c1-4-27(25,26)18-10-9-15(8-7-14-5-6-14)22-19(18)20-23-16-11-13(2)21-12-17(16)24(20)3/h7-12,14H,4-6H2,1-3H3/b8-7+. The van der Waals surface area contributed by atoms with Crippen LogP contribution >= 0.6 is 0 Å². The monoisotopic (exact) mass is 382 g/mol. The molecule has 7 heteroatoms. The van der Waals surface area contributed by atoms with Crippen molar-refractivity contribution in [3.63, 3.8) is 0 Å². The minimum Gasteiger partial charge on any atom is -0.324 e. The molecule has 1 fully saturated rings. The van der Waals surface area contributed by atoms with Crippen LogP contribution in [0.4, 0.5) is 0 Å². The van der Waals surface area contributed by atoms with E-state index in [0.717, 1.165) is 22.4 Å². The molecule has 0 aromatic carbocycles. The van der Waals surface area contributed by atoms with E-state index in [0.29, 0.717) is 17.4 Å². The van der Waals surface area contributed by atoms with Crippen molar-refractivity contribution in [3.05, 3.63) is 41.9 Å². The average Bonchev–Trinajstić information content (AvgIpc) is 3.43. The minimum atomic E-state index is -3.43. The Morgan fingerprint density at radius 3 is 2.74 bits per heavy atom. The summed E-state index contributed by atoms with van der Waals surface area (Å²) in [5.74, 6) is 1.17. The Bertz CT molecular complexity index is 1160. The summed E-state index contributed by atoms with van der Waals surface area (Å²) in [4.78, 5) is 13.9. The predicted octanol–water partition coefficient (Wildman–Crippen LogP) is 3.56. The number of sulfone groups is 1. The maximum atomic E-state index is 12.7. The van der Waals surface area contributed by atoms with E-state index in [1.54, 1.807) is 25.3 Å². The van der Waals surface area contributed by atoms with E-state index in [9.17, 15) is 8.42 Å². The van der Waals surface area contributed by atoms with Crippen molar-refractivity contribution in [1.29, 1.82) is 0 Å². The third-order valence-corrected chi connectivity index (χ3v) is 6.63. The molecule has 3 heterocycles. The second-order valence-electron chi connectivity index (χ2n) is 6.99. The van der Waals surface area contributed by atoms with Crippen LogP contribution in [-0.2, 0) is 16.9 Å². The number of pyridine rings is 2. The van der Waals surface area contributed by atoms with Gasteiger partial charge in [0.1, 0.15) is 5.69 Å². The Labute approximate surface area is 158 Å². The normalized spacial score (nSPS) is 15.1. The summed E-state index contributed by atoms with van der Waals surface area (Å²) >= 11 is 0. The van der Waals surface area contributed by atoms with Crippen molar-refractivity contribution in [2.24, 2.45) is 13.0 Å². The van der Waals surface area contributed by atoms with E-state index in [1.165, 1.54) is 12.8 Å². The Hall–Kier alpha value is -2.54. The van der Waals surface area contributed by atoms with Gasteiger partial charge in [0.25, 0.3) is 0 Å². The fraction of sp³-hybridized carbons (Fsp3) is 0.350. The summed E-state index contributed by atoms with van der Waals surface area (Å²) < 4.78 is 27.2. The van der Waals surface area contributed by atoms with Gasteiger partial charge >= 0.3 is 0 Å². The van der Waals surface area contributed by atoms with Crippen LogP contribution in [0.25, 0.3) is 28.6 Å². The Morgan fingerprint density at radius 2 is 2.04 bits per heavy atom. The number of aromatic nitrogens is 4. The molecule has 0 aliphatic heterocycles. The van der Waals surface area contributed by atoms with Crippen LogP contribution in [0.15, 0.2) is 35.4 Å². The van der Waals surface area contributed by atoms with Gasteiger partial charge in [-0.05, 0) is 50.0 Å². The number of aryl methyl sites for hydroxylation is 2. The summed E-state index contributed by atoms with van der Waals surface area (Å²) in [5.41, 5.74) is 3.62. The Kier molecular flexibility index (Phi) is 4.34. The number of hydrogen-bond donors (Lipinski definition) is 0. The van der Waals surface area contributed by atoms with Gasteiger partial charge in [-0.15, -0.1) is 0 Å². The quantitative estimate of drug-likeness (QED) is 0.674. The highest BCUT2D eigenvalue weighted by molar-refractivity contribution is 7.91.